The third kappa shape index (κ3) is 1.61. The monoisotopic (exact) mass is 282 g/mol. The number of hydrogen-bond donors (Lipinski definition) is 0. The minimum absolute atomic E-state index is 0.103. The molecule has 1 unspecified atom stereocenters. The van der Waals surface area contributed by atoms with Crippen molar-refractivity contribution >= 4 is 33.3 Å². The van der Waals surface area contributed by atoms with Crippen molar-refractivity contribution in [1.29, 1.82) is 0 Å². The summed E-state index contributed by atoms with van der Waals surface area (Å²) in [6, 6.07) is 5.86. The molecule has 16 heavy (non-hydrogen) atoms. The molecule has 1 atom stereocenters. The van der Waals surface area contributed by atoms with Crippen molar-refractivity contribution in [3.8, 4) is 0 Å². The largest absolute Gasteiger partial charge is 0.349 e. The zero-order chi connectivity index (χ0) is 11.9. The highest BCUT2D eigenvalue weighted by Gasteiger charge is 2.30. The summed E-state index contributed by atoms with van der Waals surface area (Å²) < 4.78 is 2.03. The molecule has 0 N–H and O–H groups in total. The average Bonchev–Trinajstić information content (AvgIpc) is 2.51. The first kappa shape index (κ1) is 11.5. The van der Waals surface area contributed by atoms with E-state index in [1.165, 1.54) is 5.69 Å². The van der Waals surface area contributed by atoms with Crippen LogP contribution in [0.15, 0.2) is 18.2 Å². The van der Waals surface area contributed by atoms with E-state index >= 15 is 0 Å². The molecule has 2 rings (SSSR count). The molecule has 1 aromatic rings. The molecule has 0 spiro atoms. The lowest BCUT2D eigenvalue weighted by molar-refractivity contribution is 0.101. The lowest BCUT2D eigenvalue weighted by Gasteiger charge is -2.24. The zero-order valence-corrected chi connectivity index (χ0v) is 11.3. The van der Waals surface area contributed by atoms with Crippen molar-refractivity contribution in [2.75, 3.05) is 15.4 Å². The number of carbonyl (C=O) groups is 1. The van der Waals surface area contributed by atoms with Gasteiger partial charge in [-0.1, -0.05) is 0 Å². The van der Waals surface area contributed by atoms with E-state index in [0.717, 1.165) is 17.8 Å². The van der Waals surface area contributed by atoms with Gasteiger partial charge in [-0.25, -0.2) is 0 Å². The molecule has 0 aromatic heterocycles. The summed E-state index contributed by atoms with van der Waals surface area (Å²) in [7, 11) is 0. The van der Waals surface area contributed by atoms with Gasteiger partial charge in [0.25, 0.3) is 0 Å². The first-order valence-corrected chi connectivity index (χ1v) is 6.13. The predicted molar refractivity (Wildman–Crippen MR) is 70.3 cm³/mol. The van der Waals surface area contributed by atoms with Gasteiger partial charge >= 0.3 is 0 Å². The number of rotatable bonds is 2. The highest BCUT2D eigenvalue weighted by atomic mass is 79.9. The number of fused-ring (bicyclic) bond motifs is 1. The first-order valence-electron chi connectivity index (χ1n) is 5.43. The summed E-state index contributed by atoms with van der Waals surface area (Å²) in [5.74, 6) is 0.103. The number of ketones is 1. The Balaban J connectivity index is 2.49. The molecule has 0 aliphatic carbocycles. The third-order valence-corrected chi connectivity index (χ3v) is 4.02. The maximum Gasteiger partial charge on any atom is 0.159 e. The number of anilines is 2. The summed E-state index contributed by atoms with van der Waals surface area (Å²) in [5, 5.41) is 0. The van der Waals surface area contributed by atoms with Crippen LogP contribution in [-0.4, -0.2) is 18.5 Å². The molecular formula is C12H15BrN2O. The smallest absolute Gasteiger partial charge is 0.159 e. The van der Waals surface area contributed by atoms with Crippen LogP contribution in [0, 0.1) is 0 Å². The van der Waals surface area contributed by atoms with E-state index in [2.05, 4.69) is 34.9 Å². The van der Waals surface area contributed by atoms with Crippen molar-refractivity contribution in [3.63, 3.8) is 0 Å². The Labute approximate surface area is 104 Å². The van der Waals surface area contributed by atoms with E-state index in [1.807, 2.05) is 22.1 Å². The van der Waals surface area contributed by atoms with Crippen LogP contribution in [0.4, 0.5) is 11.4 Å². The highest BCUT2D eigenvalue weighted by molar-refractivity contribution is 9.10. The van der Waals surface area contributed by atoms with Gasteiger partial charge in [0.15, 0.2) is 5.78 Å². The molecule has 1 aliphatic heterocycles. The van der Waals surface area contributed by atoms with Crippen LogP contribution in [0.1, 0.15) is 31.1 Å². The molecule has 0 saturated heterocycles. The van der Waals surface area contributed by atoms with E-state index in [1.54, 1.807) is 6.92 Å². The summed E-state index contributed by atoms with van der Waals surface area (Å²) in [4.78, 5) is 13.6. The topological polar surface area (TPSA) is 23.6 Å². The molecule has 4 heteroatoms. The minimum Gasteiger partial charge on any atom is -0.349 e. The van der Waals surface area contributed by atoms with Gasteiger partial charge in [-0.15, -0.1) is 0 Å². The van der Waals surface area contributed by atoms with Crippen LogP contribution in [0.2, 0.25) is 0 Å². The Morgan fingerprint density at radius 3 is 2.69 bits per heavy atom. The molecule has 0 amide bonds. The second-order valence-electron chi connectivity index (χ2n) is 3.99. The Kier molecular flexibility index (Phi) is 2.93. The number of halogens is 1. The van der Waals surface area contributed by atoms with E-state index in [9.17, 15) is 4.79 Å². The van der Waals surface area contributed by atoms with Gasteiger partial charge in [0.05, 0.1) is 27.5 Å². The van der Waals surface area contributed by atoms with Gasteiger partial charge in [0, 0.05) is 12.1 Å². The minimum atomic E-state index is 0.103. The number of benzene rings is 1. The van der Waals surface area contributed by atoms with Crippen molar-refractivity contribution in [3.05, 3.63) is 23.8 Å². The third-order valence-electron chi connectivity index (χ3n) is 3.04. The predicted octanol–water partition coefficient (Wildman–Crippen LogP) is 3.19. The Hall–Kier alpha value is -1.03. The fourth-order valence-electron chi connectivity index (χ4n) is 2.12. The van der Waals surface area contributed by atoms with Gasteiger partial charge in [-0.3, -0.25) is 8.72 Å². The normalized spacial score (nSPS) is 18.9. The summed E-state index contributed by atoms with van der Waals surface area (Å²) >= 11 is 3.55. The standard InChI is InChI=1S/C12H15BrN2O/c1-4-14-9(3)15(13)12-7-10(8(2)16)5-6-11(12)14/h5-7,9H,4H2,1-3H3. The summed E-state index contributed by atoms with van der Waals surface area (Å²) in [6.45, 7) is 6.81. The van der Waals surface area contributed by atoms with Crippen LogP contribution < -0.4 is 8.83 Å². The molecular weight excluding hydrogens is 268 g/mol. The molecule has 1 aliphatic rings. The summed E-state index contributed by atoms with van der Waals surface area (Å²) in [5.41, 5.74) is 3.01. The molecule has 3 nitrogen and oxygen atoms in total. The molecule has 0 radical (unpaired) electrons. The van der Waals surface area contributed by atoms with Crippen LogP contribution in [0.5, 0.6) is 0 Å². The van der Waals surface area contributed by atoms with Crippen LogP contribution in [0.3, 0.4) is 0 Å². The van der Waals surface area contributed by atoms with Crippen molar-refractivity contribution < 1.29 is 4.79 Å². The lowest BCUT2D eigenvalue weighted by atomic mass is 10.1. The quantitative estimate of drug-likeness (QED) is 0.615. The molecule has 1 aromatic carbocycles. The molecule has 0 fully saturated rings. The number of carbonyl (C=O) groups excluding carboxylic acids is 1. The van der Waals surface area contributed by atoms with E-state index in [4.69, 9.17) is 0 Å². The van der Waals surface area contributed by atoms with E-state index in [0.29, 0.717) is 0 Å². The zero-order valence-electron chi connectivity index (χ0n) is 9.70. The molecule has 0 saturated carbocycles. The van der Waals surface area contributed by atoms with Gasteiger partial charge in [0.2, 0.25) is 0 Å². The number of hydrogen-bond acceptors (Lipinski definition) is 3. The Morgan fingerprint density at radius 1 is 1.44 bits per heavy atom. The Morgan fingerprint density at radius 2 is 2.12 bits per heavy atom. The summed E-state index contributed by atoms with van der Waals surface area (Å²) in [6.07, 6.45) is 0.280. The van der Waals surface area contributed by atoms with Crippen molar-refractivity contribution in [2.24, 2.45) is 0 Å². The second-order valence-corrected chi connectivity index (χ2v) is 4.75. The second kappa shape index (κ2) is 4.09. The fraction of sp³-hybridized carbons (Fsp3) is 0.417. The van der Waals surface area contributed by atoms with Crippen LogP contribution in [-0.2, 0) is 0 Å². The van der Waals surface area contributed by atoms with Crippen LogP contribution in [0.25, 0.3) is 0 Å². The number of Topliss-reactive ketones (excluding diaryl/α,β-unsaturated/α-hetero) is 1. The lowest BCUT2D eigenvalue weighted by Crippen LogP contribution is -2.35. The Bertz CT molecular complexity index is 433. The first-order chi connectivity index (χ1) is 7.56. The van der Waals surface area contributed by atoms with Gasteiger partial charge in [0.1, 0.15) is 6.17 Å². The maximum absolute atomic E-state index is 11.3. The SMILES string of the molecule is CCN1c2ccc(C(C)=O)cc2N(Br)C1C. The molecule has 1 heterocycles. The van der Waals surface area contributed by atoms with Crippen molar-refractivity contribution in [1.82, 2.24) is 0 Å². The maximum atomic E-state index is 11.3. The van der Waals surface area contributed by atoms with Gasteiger partial charge < -0.3 is 4.90 Å². The molecule has 86 valence electrons. The molecule has 0 bridgehead atoms. The van der Waals surface area contributed by atoms with E-state index < -0.39 is 0 Å². The fourth-order valence-corrected chi connectivity index (χ4v) is 2.62. The van der Waals surface area contributed by atoms with E-state index in [-0.39, 0.29) is 11.9 Å². The number of nitrogens with zero attached hydrogens (tertiary/aromatic N) is 2. The highest BCUT2D eigenvalue weighted by Crippen LogP contribution is 2.41. The van der Waals surface area contributed by atoms with Crippen molar-refractivity contribution in [2.45, 2.75) is 26.9 Å². The van der Waals surface area contributed by atoms with Gasteiger partial charge in [-0.05, 0) is 39.0 Å². The van der Waals surface area contributed by atoms with Gasteiger partial charge in [-0.2, -0.15) is 0 Å². The average molecular weight is 283 g/mol. The van der Waals surface area contributed by atoms with Crippen LogP contribution >= 0.6 is 16.1 Å².